The highest BCUT2D eigenvalue weighted by Crippen LogP contribution is 2.31. The summed E-state index contributed by atoms with van der Waals surface area (Å²) in [4.78, 5) is 14.0. The molecule has 1 heterocycles. The number of halogens is 1. The topological polar surface area (TPSA) is 88.2 Å². The monoisotopic (exact) mass is 435 g/mol. The molecule has 1 amide bonds. The quantitative estimate of drug-likeness (QED) is 0.629. The van der Waals surface area contributed by atoms with Crippen LogP contribution in [0, 0.1) is 0 Å². The van der Waals surface area contributed by atoms with Gasteiger partial charge in [-0.25, -0.2) is 8.42 Å². The van der Waals surface area contributed by atoms with E-state index in [0.717, 1.165) is 0 Å². The Hall–Kier alpha value is -1.55. The number of piperazine rings is 1. The smallest absolute Gasteiger partial charge is 0.243 e. The first-order chi connectivity index (χ1) is 12.9. The molecule has 1 fully saturated rings. The summed E-state index contributed by atoms with van der Waals surface area (Å²) in [7, 11) is -1.86. The SMILES string of the molecule is CCOc1ccc(S(=O)(=O)N2CCN(C(=O)CCNC)CC2)cc1OCC.Cl. The molecule has 0 atom stereocenters. The Morgan fingerprint density at radius 1 is 1.07 bits per heavy atom. The van der Waals surface area contributed by atoms with Gasteiger partial charge in [0, 0.05) is 45.2 Å². The molecule has 0 unspecified atom stereocenters. The molecule has 1 aliphatic rings. The van der Waals surface area contributed by atoms with Crippen molar-refractivity contribution < 1.29 is 22.7 Å². The summed E-state index contributed by atoms with van der Waals surface area (Å²) >= 11 is 0. The molecular formula is C18H30ClN3O5S. The first-order valence-electron chi connectivity index (χ1n) is 9.26. The van der Waals surface area contributed by atoms with Crippen LogP contribution in [0.2, 0.25) is 0 Å². The van der Waals surface area contributed by atoms with Crippen molar-refractivity contribution in [3.05, 3.63) is 18.2 Å². The molecule has 8 nitrogen and oxygen atoms in total. The molecule has 0 aromatic heterocycles. The predicted molar refractivity (Wildman–Crippen MR) is 110 cm³/mol. The summed E-state index contributed by atoms with van der Waals surface area (Å²) in [6, 6.07) is 4.67. The summed E-state index contributed by atoms with van der Waals surface area (Å²) < 4.78 is 38.4. The van der Waals surface area contributed by atoms with E-state index in [1.165, 1.54) is 16.4 Å². The van der Waals surface area contributed by atoms with Crippen molar-refractivity contribution in [2.75, 3.05) is 53.0 Å². The minimum absolute atomic E-state index is 0. The predicted octanol–water partition coefficient (Wildman–Crippen LogP) is 1.35. The lowest BCUT2D eigenvalue weighted by Gasteiger charge is -2.34. The van der Waals surface area contributed by atoms with Crippen molar-refractivity contribution in [1.29, 1.82) is 0 Å². The Morgan fingerprint density at radius 2 is 1.68 bits per heavy atom. The third kappa shape index (κ3) is 5.97. The normalized spacial score (nSPS) is 15.0. The first-order valence-corrected chi connectivity index (χ1v) is 10.7. The van der Waals surface area contributed by atoms with Gasteiger partial charge in [0.2, 0.25) is 15.9 Å². The van der Waals surface area contributed by atoms with Gasteiger partial charge in [-0.1, -0.05) is 0 Å². The van der Waals surface area contributed by atoms with Crippen LogP contribution >= 0.6 is 12.4 Å². The Labute approximate surface area is 173 Å². The van der Waals surface area contributed by atoms with Crippen LogP contribution in [0.5, 0.6) is 11.5 Å². The van der Waals surface area contributed by atoms with Crippen molar-refractivity contribution >= 4 is 28.3 Å². The molecule has 1 aliphatic heterocycles. The summed E-state index contributed by atoms with van der Waals surface area (Å²) in [5.41, 5.74) is 0. The van der Waals surface area contributed by atoms with Crippen LogP contribution in [0.15, 0.2) is 23.1 Å². The lowest BCUT2D eigenvalue weighted by atomic mass is 10.3. The lowest BCUT2D eigenvalue weighted by Crippen LogP contribution is -2.50. The Kier molecular flexibility index (Phi) is 10.0. The number of benzene rings is 1. The van der Waals surface area contributed by atoms with E-state index in [4.69, 9.17) is 9.47 Å². The number of amides is 1. The van der Waals surface area contributed by atoms with Gasteiger partial charge >= 0.3 is 0 Å². The van der Waals surface area contributed by atoms with Gasteiger partial charge in [0.25, 0.3) is 0 Å². The van der Waals surface area contributed by atoms with E-state index in [9.17, 15) is 13.2 Å². The van der Waals surface area contributed by atoms with Gasteiger partial charge in [-0.05, 0) is 33.0 Å². The van der Waals surface area contributed by atoms with Crippen LogP contribution in [-0.2, 0) is 14.8 Å². The summed E-state index contributed by atoms with van der Waals surface area (Å²) in [5, 5.41) is 2.95. The molecule has 0 bridgehead atoms. The number of carbonyl (C=O) groups is 1. The van der Waals surface area contributed by atoms with Gasteiger partial charge in [-0.3, -0.25) is 4.79 Å². The van der Waals surface area contributed by atoms with E-state index in [1.807, 2.05) is 13.8 Å². The second kappa shape index (κ2) is 11.5. The molecule has 1 saturated heterocycles. The molecular weight excluding hydrogens is 406 g/mol. The van der Waals surface area contributed by atoms with Gasteiger partial charge in [0.15, 0.2) is 11.5 Å². The van der Waals surface area contributed by atoms with E-state index in [-0.39, 0.29) is 36.3 Å². The average Bonchev–Trinajstić information content (AvgIpc) is 2.67. The number of rotatable bonds is 9. The summed E-state index contributed by atoms with van der Waals surface area (Å²) in [6.07, 6.45) is 0.417. The number of sulfonamides is 1. The molecule has 0 spiro atoms. The molecule has 0 saturated carbocycles. The molecule has 0 radical (unpaired) electrons. The van der Waals surface area contributed by atoms with E-state index >= 15 is 0 Å². The highest BCUT2D eigenvalue weighted by Gasteiger charge is 2.30. The average molecular weight is 436 g/mol. The van der Waals surface area contributed by atoms with Gasteiger partial charge in [-0.2, -0.15) is 4.31 Å². The van der Waals surface area contributed by atoms with Crippen molar-refractivity contribution in [2.24, 2.45) is 0 Å². The number of ether oxygens (including phenoxy) is 2. The van der Waals surface area contributed by atoms with Crippen LogP contribution < -0.4 is 14.8 Å². The van der Waals surface area contributed by atoms with Crippen LogP contribution in [0.25, 0.3) is 0 Å². The Balaban J connectivity index is 0.00000392. The number of hydrogen-bond donors (Lipinski definition) is 1. The number of nitrogens with zero attached hydrogens (tertiary/aromatic N) is 2. The zero-order valence-corrected chi connectivity index (χ0v) is 18.3. The van der Waals surface area contributed by atoms with Crippen molar-refractivity contribution in [2.45, 2.75) is 25.2 Å². The fourth-order valence-corrected chi connectivity index (χ4v) is 4.35. The van der Waals surface area contributed by atoms with Crippen LogP contribution in [0.4, 0.5) is 0 Å². The minimum atomic E-state index is -3.65. The number of carbonyl (C=O) groups excluding carboxylic acids is 1. The van der Waals surface area contributed by atoms with Gasteiger partial charge in [0.05, 0.1) is 18.1 Å². The fraction of sp³-hybridized carbons (Fsp3) is 0.611. The van der Waals surface area contributed by atoms with E-state index in [2.05, 4.69) is 5.32 Å². The zero-order valence-electron chi connectivity index (χ0n) is 16.6. The van der Waals surface area contributed by atoms with Crippen molar-refractivity contribution in [1.82, 2.24) is 14.5 Å². The van der Waals surface area contributed by atoms with Crippen molar-refractivity contribution in [3.8, 4) is 11.5 Å². The molecule has 1 aromatic carbocycles. The van der Waals surface area contributed by atoms with Crippen LogP contribution in [-0.4, -0.2) is 76.5 Å². The third-order valence-corrected chi connectivity index (χ3v) is 6.23. The molecule has 1 aromatic rings. The maximum atomic E-state index is 13.0. The molecule has 28 heavy (non-hydrogen) atoms. The molecule has 2 rings (SSSR count). The fourth-order valence-electron chi connectivity index (χ4n) is 2.91. The second-order valence-electron chi connectivity index (χ2n) is 6.11. The first kappa shape index (κ1) is 24.5. The highest BCUT2D eigenvalue weighted by molar-refractivity contribution is 7.89. The maximum Gasteiger partial charge on any atom is 0.243 e. The number of nitrogens with one attached hydrogen (secondary N) is 1. The van der Waals surface area contributed by atoms with Gasteiger partial charge in [0.1, 0.15) is 0 Å². The molecule has 10 heteroatoms. The molecule has 160 valence electrons. The number of hydrogen-bond acceptors (Lipinski definition) is 6. The third-order valence-electron chi connectivity index (χ3n) is 4.33. The minimum Gasteiger partial charge on any atom is -0.490 e. The van der Waals surface area contributed by atoms with E-state index < -0.39 is 10.0 Å². The summed E-state index contributed by atoms with van der Waals surface area (Å²) in [6.45, 7) is 6.55. The van der Waals surface area contributed by atoms with Crippen LogP contribution in [0.3, 0.4) is 0 Å². The summed E-state index contributed by atoms with van der Waals surface area (Å²) in [5.74, 6) is 0.987. The lowest BCUT2D eigenvalue weighted by molar-refractivity contribution is -0.132. The standard InChI is InChI=1S/C18H29N3O5S.ClH/c1-4-25-16-7-6-15(14-17(16)26-5-2)27(23,24)21-12-10-20(11-13-21)18(22)8-9-19-3;/h6-7,14,19H,4-5,8-13H2,1-3H3;1H. The second-order valence-corrected chi connectivity index (χ2v) is 8.05. The Bertz CT molecular complexity index is 737. The van der Waals surface area contributed by atoms with Crippen LogP contribution in [0.1, 0.15) is 20.3 Å². The van der Waals surface area contributed by atoms with Crippen molar-refractivity contribution in [3.63, 3.8) is 0 Å². The largest absolute Gasteiger partial charge is 0.490 e. The highest BCUT2D eigenvalue weighted by atomic mass is 35.5. The molecule has 0 aliphatic carbocycles. The van der Waals surface area contributed by atoms with E-state index in [1.54, 1.807) is 18.0 Å². The Morgan fingerprint density at radius 3 is 2.25 bits per heavy atom. The maximum absolute atomic E-state index is 13.0. The zero-order chi connectivity index (χ0) is 19.9. The van der Waals surface area contributed by atoms with E-state index in [0.29, 0.717) is 50.8 Å². The molecule has 1 N–H and O–H groups in total. The van der Waals surface area contributed by atoms with Gasteiger partial charge in [-0.15, -0.1) is 12.4 Å². The van der Waals surface area contributed by atoms with Gasteiger partial charge < -0.3 is 19.7 Å².